The maximum absolute atomic E-state index is 12.8. The molecule has 3 aromatic rings. The zero-order chi connectivity index (χ0) is 20.9. The summed E-state index contributed by atoms with van der Waals surface area (Å²) in [6.07, 6.45) is 4.03. The molecule has 0 radical (unpaired) electrons. The van der Waals surface area contributed by atoms with Gasteiger partial charge in [-0.05, 0) is 43.9 Å². The van der Waals surface area contributed by atoms with Gasteiger partial charge in [0, 0.05) is 25.6 Å². The molecular formula is C25H32N4O. The van der Waals surface area contributed by atoms with Gasteiger partial charge < -0.3 is 14.8 Å². The summed E-state index contributed by atoms with van der Waals surface area (Å²) < 4.78 is 2.36. The molecule has 2 heterocycles. The number of carbonyl (C=O) groups is 1. The molecule has 30 heavy (non-hydrogen) atoms. The lowest BCUT2D eigenvalue weighted by molar-refractivity contribution is -0.126. The Morgan fingerprint density at radius 2 is 1.80 bits per heavy atom. The molecule has 0 spiro atoms. The monoisotopic (exact) mass is 404 g/mol. The van der Waals surface area contributed by atoms with Crippen LogP contribution in [0.15, 0.2) is 54.6 Å². The van der Waals surface area contributed by atoms with Crippen molar-refractivity contribution in [1.82, 2.24) is 14.9 Å². The smallest absolute Gasteiger partial charge is 0.223 e. The van der Waals surface area contributed by atoms with E-state index in [1.54, 1.807) is 0 Å². The van der Waals surface area contributed by atoms with Crippen LogP contribution in [0.1, 0.15) is 51.1 Å². The third-order valence-corrected chi connectivity index (χ3v) is 6.18. The zero-order valence-corrected chi connectivity index (χ0v) is 18.1. The molecule has 0 aliphatic carbocycles. The number of piperidine rings is 1. The fourth-order valence-corrected chi connectivity index (χ4v) is 4.34. The molecule has 0 saturated carbocycles. The van der Waals surface area contributed by atoms with Crippen LogP contribution in [0, 0.1) is 5.92 Å². The number of para-hydroxylation sites is 2. The lowest BCUT2D eigenvalue weighted by Gasteiger charge is -2.33. The summed E-state index contributed by atoms with van der Waals surface area (Å²) in [6.45, 7) is 7.00. The molecule has 1 aromatic heterocycles. The van der Waals surface area contributed by atoms with Crippen LogP contribution in [0.3, 0.4) is 0 Å². The Morgan fingerprint density at radius 3 is 2.53 bits per heavy atom. The van der Waals surface area contributed by atoms with Gasteiger partial charge in [-0.1, -0.05) is 55.8 Å². The molecule has 1 fully saturated rings. The van der Waals surface area contributed by atoms with Crippen LogP contribution < -0.4 is 10.2 Å². The minimum absolute atomic E-state index is 0.0370. The van der Waals surface area contributed by atoms with Crippen molar-refractivity contribution in [3.63, 3.8) is 0 Å². The molecule has 1 aliphatic rings. The Morgan fingerprint density at radius 1 is 1.10 bits per heavy atom. The van der Waals surface area contributed by atoms with Crippen LogP contribution in [0.5, 0.6) is 0 Å². The van der Waals surface area contributed by atoms with Gasteiger partial charge in [-0.15, -0.1) is 0 Å². The van der Waals surface area contributed by atoms with E-state index in [2.05, 4.69) is 59.0 Å². The maximum atomic E-state index is 12.8. The van der Waals surface area contributed by atoms with Crippen LogP contribution in [-0.2, 0) is 11.3 Å². The first-order valence-corrected chi connectivity index (χ1v) is 11.2. The molecular weight excluding hydrogens is 372 g/mol. The van der Waals surface area contributed by atoms with E-state index < -0.39 is 0 Å². The Labute approximate surface area is 179 Å². The fraction of sp³-hybridized carbons (Fsp3) is 0.440. The normalized spacial score (nSPS) is 16.0. The summed E-state index contributed by atoms with van der Waals surface area (Å²) in [5, 5.41) is 3.20. The molecule has 1 amide bonds. The van der Waals surface area contributed by atoms with E-state index >= 15 is 0 Å². The summed E-state index contributed by atoms with van der Waals surface area (Å²) in [7, 11) is 0. The van der Waals surface area contributed by atoms with Gasteiger partial charge in [0.1, 0.15) is 0 Å². The van der Waals surface area contributed by atoms with Crippen molar-refractivity contribution in [3.05, 3.63) is 60.2 Å². The van der Waals surface area contributed by atoms with Gasteiger partial charge in [0.15, 0.2) is 0 Å². The van der Waals surface area contributed by atoms with E-state index in [-0.39, 0.29) is 17.9 Å². The van der Waals surface area contributed by atoms with Crippen LogP contribution in [0.2, 0.25) is 0 Å². The molecule has 4 rings (SSSR count). The predicted molar refractivity (Wildman–Crippen MR) is 123 cm³/mol. The van der Waals surface area contributed by atoms with Crippen molar-refractivity contribution in [2.24, 2.45) is 5.92 Å². The summed E-state index contributed by atoms with van der Waals surface area (Å²) in [6, 6.07) is 18.6. The summed E-state index contributed by atoms with van der Waals surface area (Å²) >= 11 is 0. The predicted octanol–water partition coefficient (Wildman–Crippen LogP) is 4.93. The van der Waals surface area contributed by atoms with Crippen LogP contribution >= 0.6 is 0 Å². The molecule has 2 aromatic carbocycles. The third kappa shape index (κ3) is 4.35. The highest BCUT2D eigenvalue weighted by atomic mass is 16.1. The fourth-order valence-electron chi connectivity index (χ4n) is 4.34. The summed E-state index contributed by atoms with van der Waals surface area (Å²) in [5.74, 6) is 1.30. The number of aromatic nitrogens is 2. The topological polar surface area (TPSA) is 50.2 Å². The van der Waals surface area contributed by atoms with Crippen molar-refractivity contribution in [2.45, 2.75) is 52.1 Å². The first kappa shape index (κ1) is 20.5. The van der Waals surface area contributed by atoms with Gasteiger partial charge in [0.25, 0.3) is 0 Å². The van der Waals surface area contributed by atoms with Crippen molar-refractivity contribution >= 4 is 22.9 Å². The number of imidazole rings is 1. The van der Waals surface area contributed by atoms with Crippen LogP contribution in [-0.4, -0.2) is 28.5 Å². The zero-order valence-electron chi connectivity index (χ0n) is 18.1. The lowest BCUT2D eigenvalue weighted by Crippen LogP contribution is -2.42. The van der Waals surface area contributed by atoms with Crippen molar-refractivity contribution < 1.29 is 4.79 Å². The first-order chi connectivity index (χ1) is 14.7. The number of aryl methyl sites for hydroxylation is 1. The first-order valence-electron chi connectivity index (χ1n) is 11.2. The van der Waals surface area contributed by atoms with E-state index in [1.165, 1.54) is 5.52 Å². The molecule has 1 N–H and O–H groups in total. The number of rotatable bonds is 7. The van der Waals surface area contributed by atoms with E-state index in [0.717, 1.165) is 62.3 Å². The number of hydrogen-bond donors (Lipinski definition) is 1. The standard InChI is InChI=1S/C25H32N4O/c1-3-4-16-29-23-13-9-8-12-22(23)27-25(29)28-17-14-21(15-18-28)24(30)26-19(2)20-10-6-5-7-11-20/h5-13,19,21H,3-4,14-18H2,1-2H3,(H,26,30). The summed E-state index contributed by atoms with van der Waals surface area (Å²) in [4.78, 5) is 20.1. The second-order valence-electron chi connectivity index (χ2n) is 8.31. The van der Waals surface area contributed by atoms with Gasteiger partial charge in [0.05, 0.1) is 17.1 Å². The van der Waals surface area contributed by atoms with Gasteiger partial charge >= 0.3 is 0 Å². The average Bonchev–Trinajstić information content (AvgIpc) is 3.17. The molecule has 158 valence electrons. The SMILES string of the molecule is CCCCn1c(N2CCC(C(=O)NC(C)c3ccccc3)CC2)nc2ccccc21. The minimum atomic E-state index is 0.0370. The Hall–Kier alpha value is -2.82. The number of hydrogen-bond acceptors (Lipinski definition) is 3. The van der Waals surface area contributed by atoms with E-state index in [1.807, 2.05) is 24.3 Å². The maximum Gasteiger partial charge on any atom is 0.223 e. The van der Waals surface area contributed by atoms with E-state index in [9.17, 15) is 4.79 Å². The quantitative estimate of drug-likeness (QED) is 0.607. The highest BCUT2D eigenvalue weighted by molar-refractivity contribution is 5.80. The van der Waals surface area contributed by atoms with Crippen molar-refractivity contribution in [3.8, 4) is 0 Å². The number of nitrogens with zero attached hydrogens (tertiary/aromatic N) is 3. The van der Waals surface area contributed by atoms with Crippen molar-refractivity contribution in [1.29, 1.82) is 0 Å². The van der Waals surface area contributed by atoms with Crippen LogP contribution in [0.25, 0.3) is 11.0 Å². The number of fused-ring (bicyclic) bond motifs is 1. The molecule has 5 nitrogen and oxygen atoms in total. The van der Waals surface area contributed by atoms with Gasteiger partial charge in [-0.3, -0.25) is 4.79 Å². The van der Waals surface area contributed by atoms with E-state index in [4.69, 9.17) is 4.98 Å². The Balaban J connectivity index is 1.41. The Bertz CT molecular complexity index is 973. The molecule has 5 heteroatoms. The molecule has 1 saturated heterocycles. The third-order valence-electron chi connectivity index (χ3n) is 6.18. The average molecular weight is 405 g/mol. The largest absolute Gasteiger partial charge is 0.349 e. The molecule has 1 atom stereocenters. The number of amides is 1. The number of nitrogens with one attached hydrogen (secondary N) is 1. The second kappa shape index (κ2) is 9.33. The lowest BCUT2D eigenvalue weighted by atomic mass is 9.95. The molecule has 1 unspecified atom stereocenters. The highest BCUT2D eigenvalue weighted by Crippen LogP contribution is 2.28. The Kier molecular flexibility index (Phi) is 6.36. The summed E-state index contributed by atoms with van der Waals surface area (Å²) in [5.41, 5.74) is 3.41. The molecule has 1 aliphatic heterocycles. The number of benzene rings is 2. The van der Waals surface area contributed by atoms with Crippen LogP contribution in [0.4, 0.5) is 5.95 Å². The number of anilines is 1. The highest BCUT2D eigenvalue weighted by Gasteiger charge is 2.28. The van der Waals surface area contributed by atoms with E-state index in [0.29, 0.717) is 0 Å². The minimum Gasteiger partial charge on any atom is -0.349 e. The van der Waals surface area contributed by atoms with Gasteiger partial charge in [-0.25, -0.2) is 4.98 Å². The van der Waals surface area contributed by atoms with Crippen molar-refractivity contribution in [2.75, 3.05) is 18.0 Å². The number of carbonyl (C=O) groups excluding carboxylic acids is 1. The second-order valence-corrected chi connectivity index (χ2v) is 8.31. The molecule has 0 bridgehead atoms. The van der Waals surface area contributed by atoms with Gasteiger partial charge in [-0.2, -0.15) is 0 Å². The van der Waals surface area contributed by atoms with Gasteiger partial charge in [0.2, 0.25) is 11.9 Å². The number of unbranched alkanes of at least 4 members (excludes halogenated alkanes) is 1.